The van der Waals surface area contributed by atoms with Gasteiger partial charge in [0.2, 0.25) is 0 Å². The van der Waals surface area contributed by atoms with Crippen LogP contribution < -0.4 is 10.1 Å². The number of carbonyl (C=O) groups excluding carboxylic acids is 1. The van der Waals surface area contributed by atoms with E-state index in [1.54, 1.807) is 18.2 Å². The van der Waals surface area contributed by atoms with E-state index in [0.717, 1.165) is 6.42 Å². The number of carbonyl (C=O) groups is 1. The molecule has 0 saturated carbocycles. The number of hydrogen-bond donors (Lipinski definition) is 1. The van der Waals surface area contributed by atoms with Crippen molar-refractivity contribution in [1.29, 1.82) is 0 Å². The topological polar surface area (TPSA) is 38.3 Å². The molecule has 1 aromatic carbocycles. The predicted octanol–water partition coefficient (Wildman–Crippen LogP) is 3.45. The van der Waals surface area contributed by atoms with Gasteiger partial charge in [-0.2, -0.15) is 0 Å². The van der Waals surface area contributed by atoms with E-state index < -0.39 is 0 Å². The van der Waals surface area contributed by atoms with Crippen molar-refractivity contribution in [2.45, 2.75) is 13.3 Å². The number of ether oxygens (including phenoxy) is 1. The lowest BCUT2D eigenvalue weighted by Crippen LogP contribution is -2.29. The van der Waals surface area contributed by atoms with E-state index in [0.29, 0.717) is 22.3 Å². The number of rotatable bonds is 6. The second-order valence-corrected chi connectivity index (χ2v) is 4.41. The first-order valence-electron chi connectivity index (χ1n) is 5.59. The molecule has 0 aliphatic heterocycles. The summed E-state index contributed by atoms with van der Waals surface area (Å²) in [5.74, 6) is 0.273. The molecular weight excluding hydrogens is 273 g/mol. The summed E-state index contributed by atoms with van der Waals surface area (Å²) < 4.78 is 5.29. The molecule has 5 heteroatoms. The van der Waals surface area contributed by atoms with Crippen molar-refractivity contribution in [3.63, 3.8) is 0 Å². The monoisotopic (exact) mass is 287 g/mol. The third-order valence-electron chi connectivity index (χ3n) is 2.12. The smallest absolute Gasteiger partial charge is 0.257 e. The summed E-state index contributed by atoms with van der Waals surface area (Å²) in [4.78, 5) is 11.4. The van der Waals surface area contributed by atoms with Crippen LogP contribution in [0.2, 0.25) is 10.0 Å². The van der Waals surface area contributed by atoms with Crippen LogP contribution in [-0.2, 0) is 4.79 Å². The van der Waals surface area contributed by atoms with Gasteiger partial charge in [0.15, 0.2) is 6.61 Å². The third kappa shape index (κ3) is 5.43. The molecule has 18 heavy (non-hydrogen) atoms. The Morgan fingerprint density at radius 1 is 1.44 bits per heavy atom. The second-order valence-electron chi connectivity index (χ2n) is 3.57. The van der Waals surface area contributed by atoms with Gasteiger partial charge in [0, 0.05) is 11.6 Å². The Morgan fingerprint density at radius 2 is 2.22 bits per heavy atom. The van der Waals surface area contributed by atoms with Crippen LogP contribution in [0, 0.1) is 0 Å². The maximum atomic E-state index is 11.4. The molecular formula is C13H15Cl2NO2. The van der Waals surface area contributed by atoms with Crippen LogP contribution in [0.5, 0.6) is 5.75 Å². The first-order valence-corrected chi connectivity index (χ1v) is 6.34. The first-order chi connectivity index (χ1) is 8.63. The minimum absolute atomic E-state index is 0.0583. The second kappa shape index (κ2) is 8.01. The van der Waals surface area contributed by atoms with Crippen molar-refractivity contribution in [2.75, 3.05) is 13.2 Å². The Bertz CT molecular complexity index is 433. The van der Waals surface area contributed by atoms with Gasteiger partial charge in [0.1, 0.15) is 5.75 Å². The molecule has 1 aromatic rings. The van der Waals surface area contributed by atoms with E-state index in [4.69, 9.17) is 27.9 Å². The van der Waals surface area contributed by atoms with Crippen LogP contribution in [0.25, 0.3) is 0 Å². The number of nitrogens with one attached hydrogen (secondary N) is 1. The van der Waals surface area contributed by atoms with Gasteiger partial charge in [-0.05, 0) is 31.5 Å². The lowest BCUT2D eigenvalue weighted by molar-refractivity contribution is -0.123. The van der Waals surface area contributed by atoms with E-state index in [9.17, 15) is 4.79 Å². The van der Waals surface area contributed by atoms with Gasteiger partial charge in [-0.3, -0.25) is 4.79 Å². The molecule has 0 heterocycles. The summed E-state index contributed by atoms with van der Waals surface area (Å²) in [5.41, 5.74) is 0. The molecule has 0 unspecified atom stereocenters. The van der Waals surface area contributed by atoms with Gasteiger partial charge in [-0.15, -0.1) is 0 Å². The SMILES string of the molecule is C/C=C/CCNC(=O)COc1ccc(Cl)cc1Cl. The Balaban J connectivity index is 2.33. The highest BCUT2D eigenvalue weighted by atomic mass is 35.5. The minimum Gasteiger partial charge on any atom is -0.482 e. The predicted molar refractivity (Wildman–Crippen MR) is 74.4 cm³/mol. The summed E-state index contributed by atoms with van der Waals surface area (Å²) in [6, 6.07) is 4.87. The van der Waals surface area contributed by atoms with Gasteiger partial charge in [-0.25, -0.2) is 0 Å². The fourth-order valence-electron chi connectivity index (χ4n) is 1.25. The molecule has 98 valence electrons. The van der Waals surface area contributed by atoms with Crippen LogP contribution in [-0.4, -0.2) is 19.1 Å². The quantitative estimate of drug-likeness (QED) is 0.643. The molecule has 0 aromatic heterocycles. The van der Waals surface area contributed by atoms with Crippen LogP contribution in [0.1, 0.15) is 13.3 Å². The standard InChI is InChI=1S/C13H15Cl2NO2/c1-2-3-4-7-16-13(17)9-18-12-6-5-10(14)8-11(12)15/h2-3,5-6,8H,4,7,9H2,1H3,(H,16,17)/b3-2+. The zero-order valence-corrected chi connectivity index (χ0v) is 11.6. The lowest BCUT2D eigenvalue weighted by atomic mass is 10.3. The molecule has 0 saturated heterocycles. The molecule has 0 aliphatic rings. The number of amides is 1. The van der Waals surface area contributed by atoms with Crippen LogP contribution >= 0.6 is 23.2 Å². The van der Waals surface area contributed by atoms with Crippen LogP contribution in [0.3, 0.4) is 0 Å². The lowest BCUT2D eigenvalue weighted by Gasteiger charge is -2.08. The van der Waals surface area contributed by atoms with Gasteiger partial charge in [0.25, 0.3) is 5.91 Å². The fraction of sp³-hybridized carbons (Fsp3) is 0.308. The van der Waals surface area contributed by atoms with Crippen molar-refractivity contribution >= 4 is 29.1 Å². The van der Waals surface area contributed by atoms with Crippen LogP contribution in [0.15, 0.2) is 30.4 Å². The molecule has 1 N–H and O–H groups in total. The Kier molecular flexibility index (Phi) is 6.61. The maximum Gasteiger partial charge on any atom is 0.257 e. The average molecular weight is 288 g/mol. The molecule has 3 nitrogen and oxygen atoms in total. The summed E-state index contributed by atoms with van der Waals surface area (Å²) in [7, 11) is 0. The van der Waals surface area contributed by atoms with Crippen molar-refractivity contribution in [1.82, 2.24) is 5.32 Å². The number of halogens is 2. The number of benzene rings is 1. The van der Waals surface area contributed by atoms with Gasteiger partial charge >= 0.3 is 0 Å². The summed E-state index contributed by atoms with van der Waals surface area (Å²) in [6.07, 6.45) is 4.73. The van der Waals surface area contributed by atoms with Gasteiger partial charge in [0.05, 0.1) is 5.02 Å². The average Bonchev–Trinajstić information content (AvgIpc) is 2.33. The normalized spacial score (nSPS) is 10.6. The van der Waals surface area contributed by atoms with Crippen molar-refractivity contribution < 1.29 is 9.53 Å². The highest BCUT2D eigenvalue weighted by molar-refractivity contribution is 6.35. The minimum atomic E-state index is -0.175. The Morgan fingerprint density at radius 3 is 2.89 bits per heavy atom. The number of hydrogen-bond acceptors (Lipinski definition) is 2. The van der Waals surface area contributed by atoms with E-state index >= 15 is 0 Å². The highest BCUT2D eigenvalue weighted by Gasteiger charge is 2.05. The molecule has 1 rings (SSSR count). The third-order valence-corrected chi connectivity index (χ3v) is 2.65. The van der Waals surface area contributed by atoms with E-state index in [-0.39, 0.29) is 12.5 Å². The van der Waals surface area contributed by atoms with Crippen LogP contribution in [0.4, 0.5) is 0 Å². The zero-order chi connectivity index (χ0) is 13.4. The largest absolute Gasteiger partial charge is 0.482 e. The molecule has 0 spiro atoms. The van der Waals surface area contributed by atoms with Crippen molar-refractivity contribution in [3.05, 3.63) is 40.4 Å². The zero-order valence-electron chi connectivity index (χ0n) is 10.1. The first kappa shape index (κ1) is 14.9. The summed E-state index contributed by atoms with van der Waals surface area (Å²) >= 11 is 11.7. The van der Waals surface area contributed by atoms with Crippen molar-refractivity contribution in [2.24, 2.45) is 0 Å². The van der Waals surface area contributed by atoms with Gasteiger partial charge in [-0.1, -0.05) is 35.4 Å². The molecule has 0 bridgehead atoms. The molecule has 0 fully saturated rings. The Labute approximate surface area is 117 Å². The van der Waals surface area contributed by atoms with Gasteiger partial charge < -0.3 is 10.1 Å². The molecule has 0 aliphatic carbocycles. The molecule has 0 radical (unpaired) electrons. The van der Waals surface area contributed by atoms with Crippen molar-refractivity contribution in [3.8, 4) is 5.75 Å². The Hall–Kier alpha value is -1.19. The molecule has 0 atom stereocenters. The van der Waals surface area contributed by atoms with E-state index in [1.807, 2.05) is 19.1 Å². The van der Waals surface area contributed by atoms with E-state index in [1.165, 1.54) is 0 Å². The highest BCUT2D eigenvalue weighted by Crippen LogP contribution is 2.27. The molecule has 1 amide bonds. The summed E-state index contributed by atoms with van der Waals surface area (Å²) in [6.45, 7) is 2.48. The number of allylic oxidation sites excluding steroid dienone is 1. The maximum absolute atomic E-state index is 11.4. The summed E-state index contributed by atoms with van der Waals surface area (Å²) in [5, 5.41) is 3.66. The fourth-order valence-corrected chi connectivity index (χ4v) is 1.71. The van der Waals surface area contributed by atoms with E-state index in [2.05, 4.69) is 5.32 Å².